The lowest BCUT2D eigenvalue weighted by molar-refractivity contribution is 0.247. The summed E-state index contributed by atoms with van der Waals surface area (Å²) in [5.41, 5.74) is 1.58. The highest BCUT2D eigenvalue weighted by atomic mass is 35.5. The predicted molar refractivity (Wildman–Crippen MR) is 91.7 cm³/mol. The lowest BCUT2D eigenvalue weighted by atomic mass is 10.2. The number of rotatable bonds is 6. The van der Waals surface area contributed by atoms with Crippen LogP contribution in [0.5, 0.6) is 11.5 Å². The molecule has 0 heterocycles. The van der Waals surface area contributed by atoms with Crippen molar-refractivity contribution in [1.82, 2.24) is 5.32 Å². The van der Waals surface area contributed by atoms with E-state index in [0.717, 1.165) is 5.56 Å². The normalized spacial score (nSPS) is 10.2. The molecule has 0 aliphatic heterocycles. The van der Waals surface area contributed by atoms with Gasteiger partial charge in [-0.15, -0.1) is 0 Å². The van der Waals surface area contributed by atoms with E-state index in [4.69, 9.17) is 21.1 Å². The van der Waals surface area contributed by atoms with Crippen LogP contribution < -0.4 is 20.1 Å². The molecule has 24 heavy (non-hydrogen) atoms. The smallest absolute Gasteiger partial charge is 0.319 e. The molecular weight excluding hydrogens is 335 g/mol. The average Bonchev–Trinajstić information content (AvgIpc) is 2.53. The maximum Gasteiger partial charge on any atom is 0.319 e. The van der Waals surface area contributed by atoms with Crippen LogP contribution in [0.15, 0.2) is 36.4 Å². The van der Waals surface area contributed by atoms with Crippen molar-refractivity contribution < 1.29 is 18.7 Å². The van der Waals surface area contributed by atoms with Crippen LogP contribution in [0, 0.1) is 12.7 Å². The summed E-state index contributed by atoms with van der Waals surface area (Å²) in [5.74, 6) is 0.502. The number of methoxy groups -OCH3 is 1. The van der Waals surface area contributed by atoms with E-state index in [9.17, 15) is 9.18 Å². The third-order valence-corrected chi connectivity index (χ3v) is 3.44. The monoisotopic (exact) mass is 352 g/mol. The van der Waals surface area contributed by atoms with Crippen molar-refractivity contribution in [1.29, 1.82) is 0 Å². The number of aryl methyl sites for hydroxylation is 1. The molecular formula is C17H18ClFN2O3. The second-order valence-electron chi connectivity index (χ2n) is 5.01. The quantitative estimate of drug-likeness (QED) is 0.773. The second kappa shape index (κ2) is 8.40. The molecule has 2 amide bonds. The number of halogens is 2. The number of carbonyl (C=O) groups excluding carboxylic acids is 1. The molecule has 2 aromatic carbocycles. The molecule has 2 N–H and O–H groups in total. The molecule has 0 unspecified atom stereocenters. The summed E-state index contributed by atoms with van der Waals surface area (Å²) in [4.78, 5) is 11.9. The largest absolute Gasteiger partial charge is 0.495 e. The van der Waals surface area contributed by atoms with Crippen molar-refractivity contribution >= 4 is 23.3 Å². The Morgan fingerprint density at radius 3 is 2.67 bits per heavy atom. The first kappa shape index (κ1) is 17.9. The van der Waals surface area contributed by atoms with E-state index in [1.54, 1.807) is 6.07 Å². The minimum absolute atomic E-state index is 0.184. The van der Waals surface area contributed by atoms with Crippen molar-refractivity contribution in [2.24, 2.45) is 0 Å². The number of urea groups is 1. The molecule has 0 fully saturated rings. The Bertz CT molecular complexity index is 725. The summed E-state index contributed by atoms with van der Waals surface area (Å²) in [6.45, 7) is 2.38. The summed E-state index contributed by atoms with van der Waals surface area (Å²) in [6, 6.07) is 8.97. The number of hydrogen-bond donors (Lipinski definition) is 2. The van der Waals surface area contributed by atoms with Gasteiger partial charge in [0, 0.05) is 0 Å². The van der Waals surface area contributed by atoms with Crippen molar-refractivity contribution in [3.8, 4) is 11.5 Å². The van der Waals surface area contributed by atoms with Gasteiger partial charge in [0.1, 0.15) is 23.9 Å². The van der Waals surface area contributed by atoms with Crippen molar-refractivity contribution in [2.75, 3.05) is 25.6 Å². The summed E-state index contributed by atoms with van der Waals surface area (Å²) >= 11 is 5.85. The Labute approximate surface area is 144 Å². The highest BCUT2D eigenvalue weighted by molar-refractivity contribution is 6.32. The van der Waals surface area contributed by atoms with Gasteiger partial charge in [-0.25, -0.2) is 9.18 Å². The van der Waals surface area contributed by atoms with Gasteiger partial charge < -0.3 is 20.1 Å². The number of benzene rings is 2. The van der Waals surface area contributed by atoms with Gasteiger partial charge in [-0.05, 0) is 42.8 Å². The van der Waals surface area contributed by atoms with E-state index >= 15 is 0 Å². The van der Waals surface area contributed by atoms with Gasteiger partial charge >= 0.3 is 6.03 Å². The molecule has 5 nitrogen and oxygen atoms in total. The number of ether oxygens (including phenoxy) is 2. The maximum absolute atomic E-state index is 12.9. The van der Waals surface area contributed by atoms with Crippen molar-refractivity contribution in [3.63, 3.8) is 0 Å². The zero-order chi connectivity index (χ0) is 17.5. The predicted octanol–water partition coefficient (Wildman–Crippen LogP) is 4.00. The van der Waals surface area contributed by atoms with Gasteiger partial charge in [-0.1, -0.05) is 17.7 Å². The van der Waals surface area contributed by atoms with E-state index in [1.165, 1.54) is 25.3 Å². The molecule has 7 heteroatoms. The van der Waals surface area contributed by atoms with Crippen LogP contribution in [0.25, 0.3) is 0 Å². The van der Waals surface area contributed by atoms with E-state index in [-0.39, 0.29) is 24.2 Å². The Morgan fingerprint density at radius 2 is 1.96 bits per heavy atom. The van der Waals surface area contributed by atoms with Crippen LogP contribution in [-0.2, 0) is 0 Å². The van der Waals surface area contributed by atoms with Gasteiger partial charge in [-0.3, -0.25) is 0 Å². The molecule has 0 spiro atoms. The third-order valence-electron chi connectivity index (χ3n) is 3.14. The van der Waals surface area contributed by atoms with Gasteiger partial charge in [0.25, 0.3) is 0 Å². The van der Waals surface area contributed by atoms with Gasteiger partial charge in [-0.2, -0.15) is 0 Å². The third kappa shape index (κ3) is 5.03. The molecule has 0 saturated heterocycles. The number of nitrogens with one attached hydrogen (secondary N) is 2. The van der Waals surface area contributed by atoms with Gasteiger partial charge in [0.2, 0.25) is 0 Å². The van der Waals surface area contributed by atoms with Crippen LogP contribution in [0.1, 0.15) is 5.56 Å². The van der Waals surface area contributed by atoms with Crippen LogP contribution in [0.3, 0.4) is 0 Å². The average molecular weight is 353 g/mol. The lowest BCUT2D eigenvalue weighted by Crippen LogP contribution is -2.32. The highest BCUT2D eigenvalue weighted by Crippen LogP contribution is 2.25. The number of anilines is 1. The Morgan fingerprint density at radius 1 is 1.21 bits per heavy atom. The van der Waals surface area contributed by atoms with E-state index in [2.05, 4.69) is 10.6 Å². The summed E-state index contributed by atoms with van der Waals surface area (Å²) in [7, 11) is 1.54. The van der Waals surface area contributed by atoms with Crippen LogP contribution in [0.4, 0.5) is 14.9 Å². The maximum atomic E-state index is 12.9. The zero-order valence-electron chi connectivity index (χ0n) is 13.4. The van der Waals surface area contributed by atoms with Crippen LogP contribution >= 0.6 is 11.6 Å². The molecule has 0 aliphatic carbocycles. The van der Waals surface area contributed by atoms with Crippen molar-refractivity contribution in [3.05, 3.63) is 52.8 Å². The minimum Gasteiger partial charge on any atom is -0.495 e. The topological polar surface area (TPSA) is 59.6 Å². The molecule has 0 aromatic heterocycles. The molecule has 0 bridgehead atoms. The Hall–Kier alpha value is -2.47. The standard InChI is InChI=1S/C17H18ClFN2O3/c1-11-3-5-16(23-2)14(9-11)21-17(22)20-7-8-24-15-6-4-12(19)10-13(15)18/h3-6,9-10H,7-8H2,1-2H3,(H2,20,21,22). The number of hydrogen-bond acceptors (Lipinski definition) is 3. The first-order valence-electron chi connectivity index (χ1n) is 7.27. The molecule has 0 aliphatic rings. The Kier molecular flexibility index (Phi) is 6.26. The molecule has 0 atom stereocenters. The molecule has 0 saturated carbocycles. The van der Waals surface area contributed by atoms with Gasteiger partial charge in [0.05, 0.1) is 24.4 Å². The van der Waals surface area contributed by atoms with E-state index in [1.807, 2.05) is 19.1 Å². The fourth-order valence-electron chi connectivity index (χ4n) is 2.00. The zero-order valence-corrected chi connectivity index (χ0v) is 14.1. The fraction of sp³-hybridized carbons (Fsp3) is 0.235. The van der Waals surface area contributed by atoms with Crippen LogP contribution in [-0.4, -0.2) is 26.3 Å². The first-order chi connectivity index (χ1) is 11.5. The van der Waals surface area contributed by atoms with Crippen LogP contribution in [0.2, 0.25) is 5.02 Å². The first-order valence-corrected chi connectivity index (χ1v) is 7.64. The summed E-state index contributed by atoms with van der Waals surface area (Å²) < 4.78 is 23.5. The van der Waals surface area contributed by atoms with Crippen molar-refractivity contribution in [2.45, 2.75) is 6.92 Å². The lowest BCUT2D eigenvalue weighted by Gasteiger charge is -2.12. The number of amides is 2. The SMILES string of the molecule is COc1ccc(C)cc1NC(=O)NCCOc1ccc(F)cc1Cl. The fourth-order valence-corrected chi connectivity index (χ4v) is 2.23. The van der Waals surface area contributed by atoms with E-state index in [0.29, 0.717) is 17.2 Å². The molecule has 0 radical (unpaired) electrons. The minimum atomic E-state index is -0.433. The highest BCUT2D eigenvalue weighted by Gasteiger charge is 2.08. The second-order valence-corrected chi connectivity index (χ2v) is 5.42. The molecule has 2 aromatic rings. The summed E-state index contributed by atoms with van der Waals surface area (Å²) in [6.07, 6.45) is 0. The Balaban J connectivity index is 1.80. The van der Waals surface area contributed by atoms with E-state index < -0.39 is 5.82 Å². The van der Waals surface area contributed by atoms with Gasteiger partial charge in [0.15, 0.2) is 0 Å². The molecule has 128 valence electrons. The summed E-state index contributed by atoms with van der Waals surface area (Å²) in [5, 5.41) is 5.55. The molecule has 2 rings (SSSR count). The number of carbonyl (C=O) groups is 1.